The number of rotatable bonds is 6. The monoisotopic (exact) mass is 388 g/mol. The molecule has 146 valence electrons. The lowest BCUT2D eigenvalue weighted by Gasteiger charge is -2.15. The van der Waals surface area contributed by atoms with Gasteiger partial charge in [0.1, 0.15) is 6.10 Å². The quantitative estimate of drug-likeness (QED) is 0.419. The molecule has 1 fully saturated rings. The normalized spacial score (nSPS) is 21.2. The Hall–Kier alpha value is -3.37. The van der Waals surface area contributed by atoms with E-state index in [1.54, 1.807) is 6.92 Å². The predicted molar refractivity (Wildman–Crippen MR) is 94.3 cm³/mol. The Balaban J connectivity index is 1.87. The first kappa shape index (κ1) is 19.4. The van der Waals surface area contributed by atoms with Crippen LogP contribution < -0.4 is 0 Å². The molecule has 0 spiro atoms. The Morgan fingerprint density at radius 2 is 1.43 bits per heavy atom. The van der Waals surface area contributed by atoms with Crippen molar-refractivity contribution in [2.24, 2.45) is 0 Å². The molecule has 0 saturated carbocycles. The van der Waals surface area contributed by atoms with Crippen molar-refractivity contribution in [3.63, 3.8) is 0 Å². The van der Waals surface area contributed by atoms with Crippen LogP contribution in [0.25, 0.3) is 0 Å². The fourth-order valence-corrected chi connectivity index (χ4v) is 2.79. The summed E-state index contributed by atoms with van der Waals surface area (Å²) in [6, 6.07) is 11.1. The molecule has 3 rings (SSSR count). The minimum absolute atomic E-state index is 0.0874. The van der Waals surface area contributed by atoms with Crippen LogP contribution in [0.2, 0.25) is 0 Å². The number of carbonyl (C=O) groups is 1. The molecular formula is C18H16N2O8. The maximum atomic E-state index is 12.3. The molecule has 3 atom stereocenters. The van der Waals surface area contributed by atoms with E-state index in [1.165, 1.54) is 48.5 Å². The van der Waals surface area contributed by atoms with Crippen LogP contribution in [0.5, 0.6) is 0 Å². The van der Waals surface area contributed by atoms with Crippen LogP contribution in [0.15, 0.2) is 48.5 Å². The molecule has 1 heterocycles. The first-order chi connectivity index (χ1) is 13.4. The summed E-state index contributed by atoms with van der Waals surface area (Å²) in [5.74, 6) is -0.629. The molecule has 1 saturated heterocycles. The lowest BCUT2D eigenvalue weighted by Crippen LogP contribution is -2.28. The first-order valence-electron chi connectivity index (χ1n) is 8.37. The number of nitrogens with zero attached hydrogens (tertiary/aromatic N) is 2. The van der Waals surface area contributed by atoms with Crippen molar-refractivity contribution in [2.45, 2.75) is 25.4 Å². The summed E-state index contributed by atoms with van der Waals surface area (Å²) in [6.07, 6.45) is -2.88. The Morgan fingerprint density at radius 3 is 1.89 bits per heavy atom. The summed E-state index contributed by atoms with van der Waals surface area (Å²) < 4.78 is 16.6. The molecule has 1 aliphatic rings. The minimum atomic E-state index is -1.08. The number of hydrogen-bond acceptors (Lipinski definition) is 8. The molecule has 0 radical (unpaired) electrons. The van der Waals surface area contributed by atoms with E-state index in [0.29, 0.717) is 11.1 Å². The topological polar surface area (TPSA) is 131 Å². The fourth-order valence-electron chi connectivity index (χ4n) is 2.79. The molecule has 0 N–H and O–H groups in total. The van der Waals surface area contributed by atoms with Crippen molar-refractivity contribution in [1.29, 1.82) is 0 Å². The average Bonchev–Trinajstić information content (AvgIpc) is 3.14. The summed E-state index contributed by atoms with van der Waals surface area (Å²) in [5.41, 5.74) is 0.815. The van der Waals surface area contributed by atoms with Crippen molar-refractivity contribution >= 4 is 17.3 Å². The van der Waals surface area contributed by atoms with Crippen LogP contribution in [-0.4, -0.2) is 28.5 Å². The highest BCUT2D eigenvalue weighted by Gasteiger charge is 2.43. The van der Waals surface area contributed by atoms with Gasteiger partial charge in [0.2, 0.25) is 0 Å². The second-order valence-corrected chi connectivity index (χ2v) is 5.89. The molecule has 28 heavy (non-hydrogen) atoms. The van der Waals surface area contributed by atoms with E-state index in [-0.39, 0.29) is 18.0 Å². The highest BCUT2D eigenvalue weighted by atomic mass is 16.7. The number of nitro benzene ring substituents is 2. The zero-order valence-corrected chi connectivity index (χ0v) is 14.7. The van der Waals surface area contributed by atoms with Gasteiger partial charge in [-0.05, 0) is 36.8 Å². The number of esters is 1. The summed E-state index contributed by atoms with van der Waals surface area (Å²) >= 11 is 0. The van der Waals surface area contributed by atoms with Gasteiger partial charge in [-0.2, -0.15) is 0 Å². The van der Waals surface area contributed by atoms with Gasteiger partial charge in [-0.15, -0.1) is 0 Å². The highest BCUT2D eigenvalue weighted by molar-refractivity contribution is 5.76. The van der Waals surface area contributed by atoms with Crippen molar-refractivity contribution in [3.05, 3.63) is 79.9 Å². The standard InChI is InChI=1S/C18H16N2O8/c1-2-26-17(21)16-15(11-3-7-13(8-4-11)19(22)23)27-18(28-16)12-5-9-14(10-6-12)20(24)25/h3-10,15-16,18H,2H2,1H3/t15-,16+,18+/m1/s1. The van der Waals surface area contributed by atoms with Gasteiger partial charge in [-0.3, -0.25) is 20.2 Å². The Bertz CT molecular complexity index is 881. The lowest BCUT2D eigenvalue weighted by atomic mass is 10.0. The number of carbonyl (C=O) groups excluding carboxylic acids is 1. The summed E-state index contributed by atoms with van der Waals surface area (Å²) in [6.45, 7) is 1.80. The third-order valence-electron chi connectivity index (χ3n) is 4.14. The van der Waals surface area contributed by atoms with Gasteiger partial charge in [0.25, 0.3) is 11.4 Å². The minimum Gasteiger partial charge on any atom is -0.464 e. The maximum Gasteiger partial charge on any atom is 0.338 e. The van der Waals surface area contributed by atoms with Crippen molar-refractivity contribution < 1.29 is 28.9 Å². The van der Waals surface area contributed by atoms with Gasteiger partial charge in [-0.1, -0.05) is 0 Å². The molecule has 0 aromatic heterocycles. The SMILES string of the molecule is CCOC(=O)[C@H]1O[C@@H](c2ccc([N+](=O)[O-])cc2)O[C@@H]1c1ccc([N+](=O)[O-])cc1. The van der Waals surface area contributed by atoms with E-state index in [1.807, 2.05) is 0 Å². The third-order valence-corrected chi connectivity index (χ3v) is 4.14. The van der Waals surface area contributed by atoms with Gasteiger partial charge in [0, 0.05) is 29.8 Å². The zero-order valence-electron chi connectivity index (χ0n) is 14.7. The van der Waals surface area contributed by atoms with Crippen LogP contribution >= 0.6 is 0 Å². The number of ether oxygens (including phenoxy) is 3. The Labute approximate surface area is 158 Å². The molecule has 10 nitrogen and oxygen atoms in total. The van der Waals surface area contributed by atoms with Crippen LogP contribution in [0, 0.1) is 20.2 Å². The van der Waals surface area contributed by atoms with Gasteiger partial charge < -0.3 is 14.2 Å². The smallest absolute Gasteiger partial charge is 0.338 e. The summed E-state index contributed by atoms with van der Waals surface area (Å²) in [5, 5.41) is 21.6. The second kappa shape index (κ2) is 8.11. The molecule has 0 amide bonds. The number of nitro groups is 2. The van der Waals surface area contributed by atoms with Gasteiger partial charge >= 0.3 is 5.97 Å². The predicted octanol–water partition coefficient (Wildman–Crippen LogP) is 3.22. The van der Waals surface area contributed by atoms with E-state index < -0.39 is 34.3 Å². The first-order valence-corrected chi connectivity index (χ1v) is 8.37. The van der Waals surface area contributed by atoms with Crippen molar-refractivity contribution in [3.8, 4) is 0 Å². The van der Waals surface area contributed by atoms with Crippen LogP contribution in [-0.2, 0) is 19.0 Å². The Kier molecular flexibility index (Phi) is 5.62. The molecule has 0 aliphatic carbocycles. The van der Waals surface area contributed by atoms with Crippen LogP contribution in [0.3, 0.4) is 0 Å². The van der Waals surface area contributed by atoms with Crippen LogP contribution in [0.1, 0.15) is 30.4 Å². The largest absolute Gasteiger partial charge is 0.464 e. The molecule has 1 aliphatic heterocycles. The number of non-ortho nitro benzene ring substituents is 2. The van der Waals surface area contributed by atoms with E-state index in [9.17, 15) is 25.0 Å². The van der Waals surface area contributed by atoms with E-state index in [0.717, 1.165) is 0 Å². The molecule has 10 heteroatoms. The summed E-state index contributed by atoms with van der Waals surface area (Å²) in [7, 11) is 0. The van der Waals surface area contributed by atoms with Crippen molar-refractivity contribution in [2.75, 3.05) is 6.61 Å². The van der Waals surface area contributed by atoms with E-state index >= 15 is 0 Å². The highest BCUT2D eigenvalue weighted by Crippen LogP contribution is 2.41. The second-order valence-electron chi connectivity index (χ2n) is 5.89. The number of benzene rings is 2. The zero-order chi connectivity index (χ0) is 20.3. The fraction of sp³-hybridized carbons (Fsp3) is 0.278. The van der Waals surface area contributed by atoms with Gasteiger partial charge in [0.05, 0.1) is 16.5 Å². The molecular weight excluding hydrogens is 372 g/mol. The molecule has 0 unspecified atom stereocenters. The van der Waals surface area contributed by atoms with E-state index in [2.05, 4.69) is 0 Å². The average molecular weight is 388 g/mol. The van der Waals surface area contributed by atoms with Gasteiger partial charge in [-0.25, -0.2) is 4.79 Å². The van der Waals surface area contributed by atoms with E-state index in [4.69, 9.17) is 14.2 Å². The van der Waals surface area contributed by atoms with Crippen molar-refractivity contribution in [1.82, 2.24) is 0 Å². The third kappa shape index (κ3) is 3.97. The van der Waals surface area contributed by atoms with Crippen LogP contribution in [0.4, 0.5) is 11.4 Å². The molecule has 0 bridgehead atoms. The lowest BCUT2D eigenvalue weighted by molar-refractivity contribution is -0.385. The molecule has 2 aromatic carbocycles. The molecule has 2 aromatic rings. The summed E-state index contributed by atoms with van der Waals surface area (Å²) in [4.78, 5) is 32.9. The maximum absolute atomic E-state index is 12.3. The van der Waals surface area contributed by atoms with Gasteiger partial charge in [0.15, 0.2) is 12.4 Å². The number of hydrogen-bond donors (Lipinski definition) is 0. The Morgan fingerprint density at radius 1 is 0.929 bits per heavy atom.